The van der Waals surface area contributed by atoms with Crippen molar-refractivity contribution in [3.63, 3.8) is 0 Å². The summed E-state index contributed by atoms with van der Waals surface area (Å²) >= 11 is 14.4. The first-order valence-corrected chi connectivity index (χ1v) is 12.1. The first-order chi connectivity index (χ1) is 13.8. The van der Waals surface area contributed by atoms with Crippen LogP contribution in [0.5, 0.6) is 0 Å². The maximum Gasteiger partial charge on any atom is 0.180 e. The van der Waals surface area contributed by atoms with Gasteiger partial charge in [-0.1, -0.05) is 73.3 Å². The highest BCUT2D eigenvalue weighted by Gasteiger charge is 2.39. The second-order valence-electron chi connectivity index (χ2n) is 8.76. The molecule has 3 aliphatic carbocycles. The number of fused-ring (bicyclic) bond motifs is 1. The lowest BCUT2D eigenvalue weighted by molar-refractivity contribution is -0.00745. The number of alkyl halides is 3. The Bertz CT molecular complexity index is 718. The van der Waals surface area contributed by atoms with Crippen LogP contribution in [0.4, 0.5) is 0 Å². The van der Waals surface area contributed by atoms with Crippen molar-refractivity contribution in [2.24, 2.45) is 0 Å². The summed E-state index contributed by atoms with van der Waals surface area (Å²) in [7, 11) is 0. The molecule has 0 bridgehead atoms. The van der Waals surface area contributed by atoms with E-state index < -0.39 is 15.5 Å². The number of hydrogen-bond acceptors (Lipinski definition) is 3. The molecule has 0 radical (unpaired) electrons. The number of carbonyl (C=O) groups is 1. The van der Waals surface area contributed by atoms with E-state index in [9.17, 15) is 15.0 Å². The molecule has 2 N–H and O–H groups in total. The maximum atomic E-state index is 12.6. The molecule has 1 aromatic carbocycles. The molecule has 6 heteroatoms. The topological polar surface area (TPSA) is 57.5 Å². The monoisotopic (exact) mass is 460 g/mol. The van der Waals surface area contributed by atoms with Crippen LogP contribution in [0.3, 0.4) is 0 Å². The zero-order chi connectivity index (χ0) is 21.1. The van der Waals surface area contributed by atoms with E-state index in [0.717, 1.165) is 86.5 Å². The number of ketones is 1. The molecule has 0 atom stereocenters. The molecule has 162 valence electrons. The summed E-state index contributed by atoms with van der Waals surface area (Å²) in [6.07, 6.45) is 11.9. The third kappa shape index (κ3) is 5.49. The first kappa shape index (κ1) is 23.3. The average molecular weight is 462 g/mol. The Morgan fingerprint density at radius 1 is 0.759 bits per heavy atom. The fourth-order valence-corrected chi connectivity index (χ4v) is 5.27. The lowest BCUT2D eigenvalue weighted by Crippen LogP contribution is -2.34. The molecule has 29 heavy (non-hydrogen) atoms. The van der Waals surface area contributed by atoms with Gasteiger partial charge in [-0.2, -0.15) is 0 Å². The van der Waals surface area contributed by atoms with Gasteiger partial charge >= 0.3 is 0 Å². The average Bonchev–Trinajstić information content (AvgIpc) is 2.68. The van der Waals surface area contributed by atoms with Gasteiger partial charge in [-0.05, 0) is 67.3 Å². The van der Waals surface area contributed by atoms with Crippen molar-refractivity contribution in [2.45, 2.75) is 99.0 Å². The van der Waals surface area contributed by atoms with Gasteiger partial charge in [0.15, 0.2) is 10.1 Å². The van der Waals surface area contributed by atoms with E-state index in [2.05, 4.69) is 6.07 Å². The first-order valence-electron chi connectivity index (χ1n) is 10.8. The molecular weight excluding hydrogens is 431 g/mol. The van der Waals surface area contributed by atoms with Gasteiger partial charge in [0.05, 0.1) is 11.2 Å². The van der Waals surface area contributed by atoms with Crippen molar-refractivity contribution in [1.29, 1.82) is 0 Å². The third-order valence-corrected chi connectivity index (χ3v) is 6.78. The summed E-state index contributed by atoms with van der Waals surface area (Å²) in [6.45, 7) is 0. The summed E-state index contributed by atoms with van der Waals surface area (Å²) in [6, 6.07) is 4.02. The van der Waals surface area contributed by atoms with Crippen molar-refractivity contribution in [3.8, 4) is 0 Å². The van der Waals surface area contributed by atoms with Crippen LogP contribution in [0.1, 0.15) is 104 Å². The van der Waals surface area contributed by atoms with Crippen LogP contribution >= 0.6 is 34.8 Å². The van der Waals surface area contributed by atoms with Gasteiger partial charge in [0.25, 0.3) is 0 Å². The molecule has 2 saturated carbocycles. The van der Waals surface area contributed by atoms with E-state index in [4.69, 9.17) is 34.8 Å². The molecule has 0 saturated heterocycles. The Morgan fingerprint density at radius 2 is 1.28 bits per heavy atom. The van der Waals surface area contributed by atoms with E-state index in [0.29, 0.717) is 6.42 Å². The smallest absolute Gasteiger partial charge is 0.180 e. The van der Waals surface area contributed by atoms with Crippen molar-refractivity contribution >= 4 is 40.6 Å². The lowest BCUT2D eigenvalue weighted by atomic mass is 9.71. The van der Waals surface area contributed by atoms with Crippen molar-refractivity contribution in [2.75, 3.05) is 0 Å². The highest BCUT2D eigenvalue weighted by atomic mass is 35.6. The molecule has 1 aromatic rings. The van der Waals surface area contributed by atoms with Crippen LogP contribution in [0.25, 0.3) is 0 Å². The van der Waals surface area contributed by atoms with Crippen molar-refractivity contribution < 1.29 is 15.0 Å². The van der Waals surface area contributed by atoms with Gasteiger partial charge in [-0.3, -0.25) is 4.79 Å². The molecule has 3 nitrogen and oxygen atoms in total. The maximum absolute atomic E-state index is 12.6. The Labute approximate surface area is 188 Å². The van der Waals surface area contributed by atoms with Gasteiger partial charge in [0.1, 0.15) is 0 Å². The summed E-state index contributed by atoms with van der Waals surface area (Å²) in [5.41, 5.74) is 2.01. The molecule has 0 amide bonds. The summed E-state index contributed by atoms with van der Waals surface area (Å²) in [5.74, 6) is 0.183. The van der Waals surface area contributed by atoms with E-state index in [-0.39, 0.29) is 5.78 Å². The SMILES string of the molecule is ClC(Cl)Cl.O=C1CCCc2c1cc(C1(O)CCCCC1)cc2C1(O)CCCCC1. The van der Waals surface area contributed by atoms with Crippen molar-refractivity contribution in [1.82, 2.24) is 0 Å². The number of aliphatic hydroxyl groups is 2. The van der Waals surface area contributed by atoms with Gasteiger partial charge in [-0.15, -0.1) is 0 Å². The highest BCUT2D eigenvalue weighted by molar-refractivity contribution is 6.63. The summed E-state index contributed by atoms with van der Waals surface area (Å²) < 4.78 is -0.750. The fourth-order valence-electron chi connectivity index (χ4n) is 5.27. The minimum Gasteiger partial charge on any atom is -0.385 e. The van der Waals surface area contributed by atoms with Crippen LogP contribution in [-0.4, -0.2) is 20.3 Å². The molecule has 4 rings (SSSR count). The predicted molar refractivity (Wildman–Crippen MR) is 119 cm³/mol. The molecule has 0 aromatic heterocycles. The van der Waals surface area contributed by atoms with Crippen LogP contribution in [0, 0.1) is 0 Å². The Balaban J connectivity index is 0.000000552. The number of carbonyl (C=O) groups excluding carboxylic acids is 1. The van der Waals surface area contributed by atoms with E-state index >= 15 is 0 Å². The molecule has 0 aliphatic heterocycles. The molecule has 0 heterocycles. The number of benzene rings is 1. The quantitative estimate of drug-likeness (QED) is 0.494. The number of hydrogen-bond donors (Lipinski definition) is 2. The fraction of sp³-hybridized carbons (Fsp3) is 0.696. The zero-order valence-electron chi connectivity index (χ0n) is 16.9. The molecular formula is C23H31Cl3O3. The Hall–Kier alpha value is -0.320. The largest absolute Gasteiger partial charge is 0.385 e. The van der Waals surface area contributed by atoms with Crippen LogP contribution in [0.2, 0.25) is 0 Å². The van der Waals surface area contributed by atoms with E-state index in [1.54, 1.807) is 0 Å². The van der Waals surface area contributed by atoms with Crippen LogP contribution in [-0.2, 0) is 17.6 Å². The highest BCUT2D eigenvalue weighted by Crippen LogP contribution is 2.45. The summed E-state index contributed by atoms with van der Waals surface area (Å²) in [5, 5.41) is 22.6. The Morgan fingerprint density at radius 3 is 1.83 bits per heavy atom. The van der Waals surface area contributed by atoms with Crippen LogP contribution in [0.15, 0.2) is 12.1 Å². The van der Waals surface area contributed by atoms with E-state index in [1.807, 2.05) is 6.07 Å². The lowest BCUT2D eigenvalue weighted by Gasteiger charge is -2.38. The zero-order valence-corrected chi connectivity index (χ0v) is 19.1. The van der Waals surface area contributed by atoms with Crippen LogP contribution < -0.4 is 0 Å². The molecule has 0 unspecified atom stereocenters. The Kier molecular flexibility index (Phi) is 7.95. The minimum absolute atomic E-state index is 0.183. The number of halogens is 3. The molecule has 0 spiro atoms. The second-order valence-corrected chi connectivity index (χ2v) is 10.7. The van der Waals surface area contributed by atoms with Gasteiger partial charge in [-0.25, -0.2) is 0 Å². The normalized spacial score (nSPS) is 23.2. The second kappa shape index (κ2) is 9.87. The molecule has 2 fully saturated rings. The predicted octanol–water partition coefficient (Wildman–Crippen LogP) is 6.50. The van der Waals surface area contributed by atoms with Gasteiger partial charge < -0.3 is 10.2 Å². The van der Waals surface area contributed by atoms with Gasteiger partial charge in [0, 0.05) is 12.0 Å². The molecule has 3 aliphatic rings. The minimum atomic E-state index is -0.829. The van der Waals surface area contributed by atoms with Gasteiger partial charge in [0.2, 0.25) is 0 Å². The summed E-state index contributed by atoms with van der Waals surface area (Å²) in [4.78, 5) is 12.6. The number of Topliss-reactive ketones (excluding diaryl/α,β-unsaturated/α-hetero) is 1. The standard InChI is InChI=1S/C22H30O3.CHCl3/c23-20-9-7-8-17-18(20)14-16(21(24)10-3-1-4-11-21)15-19(17)22(25)12-5-2-6-13-22;2-1(3)4/h14-15,24-25H,1-13H2;1H. The number of rotatable bonds is 2. The van der Waals surface area contributed by atoms with E-state index in [1.165, 1.54) is 12.8 Å². The third-order valence-electron chi connectivity index (χ3n) is 6.78. The van der Waals surface area contributed by atoms with Crippen molar-refractivity contribution in [3.05, 3.63) is 34.4 Å².